The predicted molar refractivity (Wildman–Crippen MR) is 51.7 cm³/mol. The van der Waals surface area contributed by atoms with Gasteiger partial charge in [0, 0.05) is 18.8 Å². The molecule has 0 fully saturated rings. The number of carbonyl (C=O) groups is 1. The van der Waals surface area contributed by atoms with E-state index in [9.17, 15) is 9.90 Å². The standard InChI is InChI=1S/C10H11NO2/c1-7-3-8(5-11-2)10(13)9(4-7)6-12/h3-6,13H,1-2H3. The van der Waals surface area contributed by atoms with Crippen LogP contribution in [0.15, 0.2) is 17.1 Å². The molecule has 0 heterocycles. The maximum Gasteiger partial charge on any atom is 0.153 e. The fraction of sp³-hybridized carbons (Fsp3) is 0.200. The van der Waals surface area contributed by atoms with E-state index >= 15 is 0 Å². The van der Waals surface area contributed by atoms with Crippen LogP contribution in [-0.2, 0) is 0 Å². The molecule has 0 aliphatic heterocycles. The van der Waals surface area contributed by atoms with E-state index < -0.39 is 0 Å². The Kier molecular flexibility index (Phi) is 2.80. The van der Waals surface area contributed by atoms with E-state index in [2.05, 4.69) is 4.99 Å². The number of benzene rings is 1. The normalized spacial score (nSPS) is 10.6. The van der Waals surface area contributed by atoms with Gasteiger partial charge >= 0.3 is 0 Å². The SMILES string of the molecule is CN=Cc1cc(C)cc(C=O)c1O. The molecular formula is C10H11NO2. The van der Waals surface area contributed by atoms with Crippen molar-refractivity contribution in [3.63, 3.8) is 0 Å². The summed E-state index contributed by atoms with van der Waals surface area (Å²) in [6.07, 6.45) is 2.16. The zero-order valence-electron chi connectivity index (χ0n) is 7.61. The van der Waals surface area contributed by atoms with Crippen LogP contribution in [0.25, 0.3) is 0 Å². The van der Waals surface area contributed by atoms with Crippen LogP contribution in [0.2, 0.25) is 0 Å². The van der Waals surface area contributed by atoms with E-state index in [0.29, 0.717) is 17.4 Å². The fourth-order valence-electron chi connectivity index (χ4n) is 1.16. The maximum absolute atomic E-state index is 10.5. The van der Waals surface area contributed by atoms with Gasteiger partial charge in [0.05, 0.1) is 5.56 Å². The molecule has 13 heavy (non-hydrogen) atoms. The Hall–Kier alpha value is -1.64. The first-order chi connectivity index (χ1) is 6.19. The minimum atomic E-state index is -0.00815. The summed E-state index contributed by atoms with van der Waals surface area (Å²) in [6, 6.07) is 3.41. The van der Waals surface area contributed by atoms with Crippen molar-refractivity contribution in [1.82, 2.24) is 0 Å². The van der Waals surface area contributed by atoms with Crippen molar-refractivity contribution in [2.24, 2.45) is 4.99 Å². The molecule has 0 atom stereocenters. The molecular weight excluding hydrogens is 166 g/mol. The third-order valence-electron chi connectivity index (χ3n) is 1.71. The molecule has 0 aromatic heterocycles. The number of rotatable bonds is 2. The zero-order chi connectivity index (χ0) is 9.84. The van der Waals surface area contributed by atoms with E-state index in [0.717, 1.165) is 5.56 Å². The highest BCUT2D eigenvalue weighted by atomic mass is 16.3. The van der Waals surface area contributed by atoms with E-state index in [1.54, 1.807) is 19.2 Å². The lowest BCUT2D eigenvalue weighted by Crippen LogP contribution is -1.90. The summed E-state index contributed by atoms with van der Waals surface area (Å²) in [5.41, 5.74) is 1.80. The highest BCUT2D eigenvalue weighted by Crippen LogP contribution is 2.21. The first kappa shape index (κ1) is 9.45. The Bertz CT molecular complexity index is 356. The molecule has 0 aliphatic rings. The van der Waals surface area contributed by atoms with Crippen LogP contribution in [0.3, 0.4) is 0 Å². The number of aldehydes is 1. The van der Waals surface area contributed by atoms with Gasteiger partial charge in [0.15, 0.2) is 6.29 Å². The van der Waals surface area contributed by atoms with Crippen LogP contribution in [0.4, 0.5) is 0 Å². The summed E-state index contributed by atoms with van der Waals surface area (Å²) in [6.45, 7) is 1.86. The molecule has 0 saturated carbocycles. The van der Waals surface area contributed by atoms with Gasteiger partial charge in [-0.05, 0) is 24.6 Å². The van der Waals surface area contributed by atoms with Crippen LogP contribution in [-0.4, -0.2) is 24.7 Å². The topological polar surface area (TPSA) is 49.7 Å². The summed E-state index contributed by atoms with van der Waals surface area (Å²) in [5, 5.41) is 9.52. The summed E-state index contributed by atoms with van der Waals surface area (Å²) < 4.78 is 0. The van der Waals surface area contributed by atoms with Gasteiger partial charge in [0.1, 0.15) is 5.75 Å². The molecule has 1 aromatic rings. The second-order valence-electron chi connectivity index (χ2n) is 2.80. The molecule has 0 aliphatic carbocycles. The molecule has 0 unspecified atom stereocenters. The largest absolute Gasteiger partial charge is 0.507 e. The van der Waals surface area contributed by atoms with Crippen molar-refractivity contribution in [3.05, 3.63) is 28.8 Å². The average Bonchev–Trinajstić information content (AvgIpc) is 2.11. The van der Waals surface area contributed by atoms with Crippen LogP contribution >= 0.6 is 0 Å². The average molecular weight is 177 g/mol. The number of nitrogens with zero attached hydrogens (tertiary/aromatic N) is 1. The van der Waals surface area contributed by atoms with Crippen molar-refractivity contribution >= 4 is 12.5 Å². The van der Waals surface area contributed by atoms with Gasteiger partial charge in [-0.3, -0.25) is 9.79 Å². The number of aliphatic imine (C=N–C) groups is 1. The molecule has 3 nitrogen and oxygen atoms in total. The van der Waals surface area contributed by atoms with E-state index in [4.69, 9.17) is 0 Å². The van der Waals surface area contributed by atoms with Crippen molar-refractivity contribution in [3.8, 4) is 5.75 Å². The van der Waals surface area contributed by atoms with Crippen molar-refractivity contribution in [1.29, 1.82) is 0 Å². The van der Waals surface area contributed by atoms with Gasteiger partial charge in [-0.1, -0.05) is 0 Å². The molecule has 1 N–H and O–H groups in total. The highest BCUT2D eigenvalue weighted by Gasteiger charge is 2.05. The van der Waals surface area contributed by atoms with Gasteiger partial charge in [-0.25, -0.2) is 0 Å². The highest BCUT2D eigenvalue weighted by molar-refractivity contribution is 5.90. The van der Waals surface area contributed by atoms with Gasteiger partial charge in [-0.15, -0.1) is 0 Å². The van der Waals surface area contributed by atoms with Gasteiger partial charge in [0.25, 0.3) is 0 Å². The molecule has 68 valence electrons. The van der Waals surface area contributed by atoms with Crippen LogP contribution in [0, 0.1) is 6.92 Å². The Morgan fingerprint density at radius 1 is 1.38 bits per heavy atom. The second-order valence-corrected chi connectivity index (χ2v) is 2.80. The van der Waals surface area contributed by atoms with Crippen molar-refractivity contribution in [2.45, 2.75) is 6.92 Å². The quantitative estimate of drug-likeness (QED) is 0.550. The van der Waals surface area contributed by atoms with Gasteiger partial charge in [-0.2, -0.15) is 0 Å². The smallest absolute Gasteiger partial charge is 0.153 e. The number of hydrogen-bond donors (Lipinski definition) is 1. The Labute approximate surface area is 76.7 Å². The molecule has 0 saturated heterocycles. The summed E-state index contributed by atoms with van der Waals surface area (Å²) in [5.74, 6) is -0.00815. The van der Waals surface area contributed by atoms with Gasteiger partial charge in [0.2, 0.25) is 0 Å². The Balaban J connectivity index is 3.34. The molecule has 3 heteroatoms. The van der Waals surface area contributed by atoms with Crippen LogP contribution < -0.4 is 0 Å². The predicted octanol–water partition coefficient (Wildman–Crippen LogP) is 1.56. The number of carbonyl (C=O) groups excluding carboxylic acids is 1. The minimum Gasteiger partial charge on any atom is -0.507 e. The van der Waals surface area contributed by atoms with E-state index in [1.165, 1.54) is 6.21 Å². The molecule has 1 rings (SSSR count). The summed E-state index contributed by atoms with van der Waals surface area (Å²) in [7, 11) is 1.61. The zero-order valence-corrected chi connectivity index (χ0v) is 7.61. The second kappa shape index (κ2) is 3.85. The number of phenols is 1. The molecule has 0 spiro atoms. The third kappa shape index (κ3) is 1.93. The number of phenolic OH excluding ortho intramolecular Hbond substituents is 1. The number of hydrogen-bond acceptors (Lipinski definition) is 3. The Morgan fingerprint density at radius 3 is 2.54 bits per heavy atom. The van der Waals surface area contributed by atoms with Crippen molar-refractivity contribution in [2.75, 3.05) is 7.05 Å². The third-order valence-corrected chi connectivity index (χ3v) is 1.71. The maximum atomic E-state index is 10.5. The summed E-state index contributed by atoms with van der Waals surface area (Å²) >= 11 is 0. The molecule has 1 aromatic carbocycles. The number of aromatic hydroxyl groups is 1. The summed E-state index contributed by atoms with van der Waals surface area (Å²) in [4.78, 5) is 14.3. The Morgan fingerprint density at radius 2 is 2.00 bits per heavy atom. The number of aryl methyl sites for hydroxylation is 1. The van der Waals surface area contributed by atoms with E-state index in [-0.39, 0.29) is 5.75 Å². The van der Waals surface area contributed by atoms with Crippen LogP contribution in [0.1, 0.15) is 21.5 Å². The molecule has 0 radical (unpaired) electrons. The fourth-order valence-corrected chi connectivity index (χ4v) is 1.16. The first-order valence-electron chi connectivity index (χ1n) is 3.90. The van der Waals surface area contributed by atoms with Gasteiger partial charge < -0.3 is 5.11 Å². The lowest BCUT2D eigenvalue weighted by atomic mass is 10.1. The van der Waals surface area contributed by atoms with Crippen molar-refractivity contribution < 1.29 is 9.90 Å². The molecule has 0 amide bonds. The van der Waals surface area contributed by atoms with Crippen LogP contribution in [0.5, 0.6) is 5.75 Å². The first-order valence-corrected chi connectivity index (χ1v) is 3.90. The monoisotopic (exact) mass is 177 g/mol. The minimum absolute atomic E-state index is 0.00815. The van der Waals surface area contributed by atoms with E-state index in [1.807, 2.05) is 6.92 Å². The lowest BCUT2D eigenvalue weighted by Gasteiger charge is -2.03. The lowest BCUT2D eigenvalue weighted by molar-refractivity contribution is 0.112. The molecule has 0 bridgehead atoms.